The minimum atomic E-state index is -0.180. The summed E-state index contributed by atoms with van der Waals surface area (Å²) in [5.74, 6) is 0.238. The van der Waals surface area contributed by atoms with Crippen molar-refractivity contribution in [1.82, 2.24) is 0 Å². The molecule has 120 valence electrons. The van der Waals surface area contributed by atoms with Gasteiger partial charge in [-0.25, -0.2) is 4.58 Å². The highest BCUT2D eigenvalue weighted by atomic mass is 32.3. The van der Waals surface area contributed by atoms with Crippen molar-refractivity contribution in [1.29, 1.82) is 0 Å². The Bertz CT molecular complexity index is 693. The first-order chi connectivity index (χ1) is 11.2. The Labute approximate surface area is 150 Å². The average Bonchev–Trinajstić information content (AvgIpc) is 3.08. The van der Waals surface area contributed by atoms with Gasteiger partial charge in [0, 0.05) is 6.42 Å². The first-order valence-corrected chi connectivity index (χ1v) is 10.3. The molecule has 2 nitrogen and oxygen atoms in total. The zero-order valence-electron chi connectivity index (χ0n) is 13.3. The summed E-state index contributed by atoms with van der Waals surface area (Å²) in [6, 6.07) is 14.3. The molecule has 5 heteroatoms. The van der Waals surface area contributed by atoms with Gasteiger partial charge >= 0.3 is 0 Å². The molecule has 0 N–H and O–H groups in total. The van der Waals surface area contributed by atoms with Gasteiger partial charge in [-0.1, -0.05) is 36.4 Å². The Morgan fingerprint density at radius 2 is 1.74 bits per heavy atom. The highest BCUT2D eigenvalue weighted by Gasteiger charge is 2.51. The van der Waals surface area contributed by atoms with Crippen LogP contribution in [-0.2, 0) is 4.08 Å². The lowest BCUT2D eigenvalue weighted by atomic mass is 10.1. The first-order valence-electron chi connectivity index (χ1n) is 7.80. The maximum Gasteiger partial charge on any atom is 0.273 e. The third-order valence-corrected chi connectivity index (χ3v) is 8.12. The zero-order chi connectivity index (χ0) is 16.3. The van der Waals surface area contributed by atoms with Crippen molar-refractivity contribution < 1.29 is 9.37 Å². The smallest absolute Gasteiger partial charge is 0.273 e. The molecule has 0 aliphatic carbocycles. The first kappa shape index (κ1) is 16.8. The number of thiophene rings is 1. The molecule has 23 heavy (non-hydrogen) atoms. The van der Waals surface area contributed by atoms with E-state index in [1.165, 1.54) is 21.3 Å². The number of ketones is 1. The molecule has 1 aliphatic heterocycles. The quantitative estimate of drug-likeness (QED) is 0.529. The SMILES string of the molecule is CC[N+](CC)=C1SC(CC(=O)c2cccs2)(c2ccccc2)S1. The standard InChI is InChI=1S/C18H20NOS3/c1-3-19(4-2)17-22-18(23-17,14-9-6-5-7-10-14)13-15(20)16-11-8-12-21-16/h5-12H,3-4,13H2,1-2H3/q+1. The lowest BCUT2D eigenvalue weighted by molar-refractivity contribution is -0.515. The van der Waals surface area contributed by atoms with E-state index in [0.717, 1.165) is 18.0 Å². The number of hydrogen-bond donors (Lipinski definition) is 0. The van der Waals surface area contributed by atoms with Gasteiger partial charge in [-0.15, -0.1) is 11.3 Å². The van der Waals surface area contributed by atoms with Crippen molar-refractivity contribution in [2.75, 3.05) is 13.1 Å². The summed E-state index contributed by atoms with van der Waals surface area (Å²) in [4.78, 5) is 13.5. The van der Waals surface area contributed by atoms with Crippen molar-refractivity contribution in [3.05, 3.63) is 58.3 Å². The van der Waals surface area contributed by atoms with Crippen LogP contribution in [0.3, 0.4) is 0 Å². The minimum Gasteiger partial charge on any atom is -0.293 e. The van der Waals surface area contributed by atoms with E-state index < -0.39 is 0 Å². The maximum absolute atomic E-state index is 12.7. The van der Waals surface area contributed by atoms with E-state index in [1.54, 1.807) is 0 Å². The molecule has 0 atom stereocenters. The Morgan fingerprint density at radius 3 is 2.30 bits per heavy atom. The van der Waals surface area contributed by atoms with Crippen molar-refractivity contribution >= 4 is 45.0 Å². The molecule has 0 unspecified atom stereocenters. The van der Waals surface area contributed by atoms with Crippen LogP contribution in [0.4, 0.5) is 0 Å². The van der Waals surface area contributed by atoms with E-state index in [9.17, 15) is 4.79 Å². The summed E-state index contributed by atoms with van der Waals surface area (Å²) < 4.78 is 3.52. The molecule has 1 aromatic carbocycles. The lowest BCUT2D eigenvalue weighted by Crippen LogP contribution is -2.36. The van der Waals surface area contributed by atoms with Crippen LogP contribution < -0.4 is 0 Å². The van der Waals surface area contributed by atoms with Crippen LogP contribution in [0.5, 0.6) is 0 Å². The Hall–Kier alpha value is -1.04. The van der Waals surface area contributed by atoms with Gasteiger partial charge in [-0.3, -0.25) is 4.79 Å². The van der Waals surface area contributed by atoms with Gasteiger partial charge in [-0.05, 0) is 54.4 Å². The van der Waals surface area contributed by atoms with Gasteiger partial charge in [0.25, 0.3) is 4.38 Å². The van der Waals surface area contributed by atoms with Crippen LogP contribution in [0.2, 0.25) is 0 Å². The van der Waals surface area contributed by atoms with Gasteiger partial charge in [-0.2, -0.15) is 0 Å². The molecule has 0 spiro atoms. The molecule has 1 fully saturated rings. The molecule has 0 bridgehead atoms. The van der Waals surface area contributed by atoms with Gasteiger partial charge in [0.1, 0.15) is 17.2 Å². The van der Waals surface area contributed by atoms with E-state index in [1.807, 2.05) is 47.1 Å². The monoisotopic (exact) mass is 362 g/mol. The van der Waals surface area contributed by atoms with Crippen LogP contribution in [-0.4, -0.2) is 27.8 Å². The van der Waals surface area contributed by atoms with Gasteiger partial charge in [0.15, 0.2) is 5.78 Å². The number of benzene rings is 1. The van der Waals surface area contributed by atoms with E-state index in [2.05, 4.69) is 42.7 Å². The minimum absolute atomic E-state index is 0.180. The third kappa shape index (κ3) is 3.42. The highest BCUT2D eigenvalue weighted by Crippen LogP contribution is 2.62. The van der Waals surface area contributed by atoms with E-state index in [4.69, 9.17) is 0 Å². The fourth-order valence-corrected chi connectivity index (χ4v) is 6.63. The fraction of sp³-hybridized carbons (Fsp3) is 0.333. The molecule has 3 rings (SSSR count). The maximum atomic E-state index is 12.7. The largest absolute Gasteiger partial charge is 0.293 e. The predicted molar refractivity (Wildman–Crippen MR) is 103 cm³/mol. The van der Waals surface area contributed by atoms with Crippen molar-refractivity contribution in [2.24, 2.45) is 0 Å². The van der Waals surface area contributed by atoms with E-state index in [0.29, 0.717) is 6.42 Å². The second-order valence-corrected chi connectivity index (χ2v) is 9.38. The summed E-state index contributed by atoms with van der Waals surface area (Å²) in [6.07, 6.45) is 0.539. The number of carbonyl (C=O) groups excluding carboxylic acids is 1. The summed E-state index contributed by atoms with van der Waals surface area (Å²) in [5.41, 5.74) is 1.23. The Morgan fingerprint density at radius 1 is 1.04 bits per heavy atom. The molecule has 1 saturated heterocycles. The second kappa shape index (κ2) is 7.24. The normalized spacial score (nSPS) is 20.2. The van der Waals surface area contributed by atoms with Crippen LogP contribution in [0, 0.1) is 0 Å². The third-order valence-electron chi connectivity index (χ3n) is 3.93. The molecule has 0 saturated carbocycles. The van der Waals surface area contributed by atoms with E-state index >= 15 is 0 Å². The number of carbonyl (C=O) groups is 1. The van der Waals surface area contributed by atoms with Gasteiger partial charge < -0.3 is 0 Å². The second-order valence-electron chi connectivity index (χ2n) is 5.34. The van der Waals surface area contributed by atoms with Crippen molar-refractivity contribution in [3.63, 3.8) is 0 Å². The summed E-state index contributed by atoms with van der Waals surface area (Å²) in [6.45, 7) is 6.37. The van der Waals surface area contributed by atoms with Gasteiger partial charge in [0.05, 0.1) is 4.88 Å². The molecule has 2 heterocycles. The van der Waals surface area contributed by atoms with E-state index in [-0.39, 0.29) is 9.86 Å². The number of rotatable bonds is 6. The van der Waals surface area contributed by atoms with Crippen LogP contribution in [0.15, 0.2) is 47.8 Å². The summed E-state index contributed by atoms with van der Waals surface area (Å²) >= 11 is 5.23. The van der Waals surface area contributed by atoms with Crippen molar-refractivity contribution in [3.8, 4) is 0 Å². The molecular formula is C18H20NOS3+. The van der Waals surface area contributed by atoms with Crippen LogP contribution in [0.1, 0.15) is 35.5 Å². The average molecular weight is 363 g/mol. The zero-order valence-corrected chi connectivity index (χ0v) is 15.8. The summed E-state index contributed by atoms with van der Waals surface area (Å²) in [7, 11) is 0. The number of thioether (sulfide) groups is 2. The summed E-state index contributed by atoms with van der Waals surface area (Å²) in [5, 5.41) is 1.97. The Balaban J connectivity index is 1.88. The predicted octanol–water partition coefficient (Wildman–Crippen LogP) is 5.06. The van der Waals surface area contributed by atoms with Crippen LogP contribution in [0.25, 0.3) is 0 Å². The molecule has 2 aromatic rings. The lowest BCUT2D eigenvalue weighted by Gasteiger charge is -2.38. The molecule has 0 radical (unpaired) electrons. The van der Waals surface area contributed by atoms with Gasteiger partial charge in [0.2, 0.25) is 0 Å². The molecule has 0 amide bonds. The van der Waals surface area contributed by atoms with Crippen LogP contribution >= 0.6 is 34.9 Å². The number of Topliss-reactive ketones (excluding diaryl/α,β-unsaturated/α-hetero) is 1. The molecule has 1 aliphatic rings. The number of hydrogen-bond acceptors (Lipinski definition) is 4. The van der Waals surface area contributed by atoms with Crippen molar-refractivity contribution in [2.45, 2.75) is 24.3 Å². The molecular weight excluding hydrogens is 342 g/mol. The topological polar surface area (TPSA) is 20.1 Å². The highest BCUT2D eigenvalue weighted by molar-refractivity contribution is 8.53. The fourth-order valence-electron chi connectivity index (χ4n) is 2.62. The number of nitrogens with zero attached hydrogens (tertiary/aromatic N) is 1. The Kier molecular flexibility index (Phi) is 5.29. The molecule has 1 aromatic heterocycles.